The van der Waals surface area contributed by atoms with Crippen LogP contribution in [0.2, 0.25) is 0 Å². The number of rotatable bonds is 15. The number of esters is 1. The van der Waals surface area contributed by atoms with Gasteiger partial charge < -0.3 is 35.5 Å². The summed E-state index contributed by atoms with van der Waals surface area (Å²) in [7, 11) is 2.94. The molecular weight excluding hydrogens is 1350 g/mol. The van der Waals surface area contributed by atoms with Crippen LogP contribution < -0.4 is 26.0 Å². The molecule has 8 aromatic carbocycles. The first-order valence-corrected chi connectivity index (χ1v) is 34.8. The zero-order valence-electron chi connectivity index (χ0n) is 58.5. The lowest BCUT2D eigenvalue weighted by Gasteiger charge is -2.12. The van der Waals surface area contributed by atoms with Gasteiger partial charge in [-0.3, -0.25) is 64.4 Å². The SMILES string of the molecule is CC(=O)CCc1ccc2c(c1)C1=C(CC(=O)N2)c2cc([N+](=O)[O-])ccc2C1.CCCCCc1ccc2c(c1)C1=C(CC(=O)N2)c2cc([N+](=O)[O-])ccc2C1.COC(=O)CCc1ccc2c(c1)C1=C(CC(=O)N2)c2cc([N+](=O)[O-])ccc2C1.COc1ccc2c(c1)NC(=O)CC1=C2Cc2ccc([N+](=O)[O-])cc21. The number of unbranched alkanes of at least 4 members (excludes halogenated alkanes) is 2. The lowest BCUT2D eigenvalue weighted by atomic mass is 9.95. The summed E-state index contributed by atoms with van der Waals surface area (Å²) in [5.41, 5.74) is 25.3. The fourth-order valence-electron chi connectivity index (χ4n) is 15.1. The first-order valence-electron chi connectivity index (χ1n) is 34.8. The Balaban J connectivity index is 0.000000125. The number of nitro groups is 4. The number of ether oxygens (including phenoxy) is 2. The molecule has 24 nitrogen and oxygen atoms in total. The molecular formula is C82H72N8O16. The summed E-state index contributed by atoms with van der Waals surface area (Å²) in [5, 5.41) is 56.3. The van der Waals surface area contributed by atoms with Crippen molar-refractivity contribution in [2.45, 2.75) is 117 Å². The minimum absolute atomic E-state index is 0.0178. The van der Waals surface area contributed by atoms with Gasteiger partial charge in [-0.2, -0.15) is 0 Å². The van der Waals surface area contributed by atoms with Crippen molar-refractivity contribution in [3.8, 4) is 5.75 Å². The monoisotopic (exact) mass is 1420 g/mol. The highest BCUT2D eigenvalue weighted by molar-refractivity contribution is 6.16. The summed E-state index contributed by atoms with van der Waals surface area (Å²) in [5.74, 6) is 0.0601. The Morgan fingerprint density at radius 1 is 0.368 bits per heavy atom. The molecule has 0 atom stereocenters. The number of carbonyl (C=O) groups is 6. The third-order valence-corrected chi connectivity index (χ3v) is 20.3. The number of nitro benzene ring substituents is 4. The second-order valence-corrected chi connectivity index (χ2v) is 27.1. The summed E-state index contributed by atoms with van der Waals surface area (Å²) < 4.78 is 9.93. The van der Waals surface area contributed by atoms with Crippen molar-refractivity contribution in [3.63, 3.8) is 0 Å². The van der Waals surface area contributed by atoms with Crippen LogP contribution in [-0.4, -0.2) is 69.3 Å². The van der Waals surface area contributed by atoms with Crippen molar-refractivity contribution in [2.75, 3.05) is 35.5 Å². The first kappa shape index (κ1) is 71.5. The van der Waals surface area contributed by atoms with Gasteiger partial charge in [-0.25, -0.2) is 0 Å². The molecule has 4 aliphatic heterocycles. The molecule has 8 aromatic rings. The van der Waals surface area contributed by atoms with Crippen molar-refractivity contribution < 1.29 is 57.9 Å². The molecule has 0 bridgehead atoms. The molecule has 0 unspecified atom stereocenters. The summed E-state index contributed by atoms with van der Waals surface area (Å²) in [6.45, 7) is 3.77. The number of Topliss-reactive ketones (excluding diaryl/α,β-unsaturated/α-hetero) is 1. The fraction of sp³-hybridized carbons (Fsp3) is 0.244. The third kappa shape index (κ3) is 15.0. The van der Waals surface area contributed by atoms with E-state index in [1.165, 1.54) is 43.7 Å². The van der Waals surface area contributed by atoms with E-state index in [-0.39, 0.29) is 95.2 Å². The molecule has 0 fully saturated rings. The predicted octanol–water partition coefficient (Wildman–Crippen LogP) is 16.0. The molecule has 24 heteroatoms. The Morgan fingerprint density at radius 2 is 0.698 bits per heavy atom. The molecule has 0 aromatic heterocycles. The number of carbonyl (C=O) groups excluding carboxylic acids is 6. The average Bonchev–Trinajstić information content (AvgIpc) is 1.63. The number of non-ortho nitro benzene ring substituents is 4. The molecule has 106 heavy (non-hydrogen) atoms. The van der Waals surface area contributed by atoms with E-state index in [1.807, 2.05) is 60.7 Å². The number of aryl methyl sites for hydroxylation is 3. The number of ketones is 1. The summed E-state index contributed by atoms with van der Waals surface area (Å²) in [4.78, 5) is 115. The molecule has 0 spiro atoms. The summed E-state index contributed by atoms with van der Waals surface area (Å²) in [6, 6.07) is 42.9. The van der Waals surface area contributed by atoms with E-state index >= 15 is 0 Å². The number of benzene rings is 8. The second-order valence-electron chi connectivity index (χ2n) is 27.1. The number of nitrogens with zero attached hydrogens (tertiary/aromatic N) is 4. The highest BCUT2D eigenvalue weighted by Crippen LogP contribution is 2.50. The molecule has 4 heterocycles. The van der Waals surface area contributed by atoms with Crippen LogP contribution >= 0.6 is 0 Å². The first-order chi connectivity index (χ1) is 51.0. The molecule has 4 N–H and O–H groups in total. The van der Waals surface area contributed by atoms with E-state index in [2.05, 4.69) is 40.3 Å². The van der Waals surface area contributed by atoms with Crippen LogP contribution in [-0.2, 0) is 78.4 Å². The third-order valence-electron chi connectivity index (χ3n) is 20.3. The molecule has 8 aliphatic rings. The minimum Gasteiger partial charge on any atom is -0.497 e. The number of fused-ring (bicyclic) bond motifs is 16. The van der Waals surface area contributed by atoms with Gasteiger partial charge in [-0.15, -0.1) is 0 Å². The molecule has 4 aliphatic carbocycles. The van der Waals surface area contributed by atoms with Crippen molar-refractivity contribution >= 4 is 125 Å². The van der Waals surface area contributed by atoms with Gasteiger partial charge in [0, 0.05) is 107 Å². The number of anilines is 4. The van der Waals surface area contributed by atoms with Gasteiger partial charge in [0.25, 0.3) is 22.7 Å². The van der Waals surface area contributed by atoms with Crippen molar-refractivity contribution in [1.29, 1.82) is 0 Å². The average molecular weight is 1430 g/mol. The lowest BCUT2D eigenvalue weighted by molar-refractivity contribution is -0.385. The topological polar surface area (TPSA) is 342 Å². The molecule has 4 amide bonds. The molecule has 0 radical (unpaired) electrons. The van der Waals surface area contributed by atoms with Gasteiger partial charge in [0.15, 0.2) is 0 Å². The number of allylic oxidation sites excluding steroid dienone is 4. The van der Waals surface area contributed by atoms with E-state index < -0.39 is 14.8 Å². The summed E-state index contributed by atoms with van der Waals surface area (Å²) in [6.07, 6.45) is 9.97. The Kier molecular flexibility index (Phi) is 20.4. The zero-order valence-corrected chi connectivity index (χ0v) is 58.5. The van der Waals surface area contributed by atoms with Gasteiger partial charge >= 0.3 is 5.97 Å². The van der Waals surface area contributed by atoms with Gasteiger partial charge in [0.1, 0.15) is 11.5 Å². The zero-order chi connectivity index (χ0) is 74.8. The van der Waals surface area contributed by atoms with Crippen LogP contribution in [0.15, 0.2) is 146 Å². The quantitative estimate of drug-likeness (QED) is 0.0321. The maximum Gasteiger partial charge on any atom is 0.305 e. The highest BCUT2D eigenvalue weighted by atomic mass is 16.6. The van der Waals surface area contributed by atoms with Crippen LogP contribution in [0.4, 0.5) is 45.5 Å². The molecule has 0 saturated heterocycles. The Hall–Kier alpha value is -12.9. The van der Waals surface area contributed by atoms with Crippen LogP contribution in [0.3, 0.4) is 0 Å². The minimum atomic E-state index is -0.422. The number of methoxy groups -OCH3 is 2. The van der Waals surface area contributed by atoms with Crippen molar-refractivity contribution in [2.24, 2.45) is 0 Å². The number of amides is 4. The number of hydrogen-bond acceptors (Lipinski definition) is 16. The van der Waals surface area contributed by atoms with Crippen LogP contribution in [0.1, 0.15) is 155 Å². The lowest BCUT2D eigenvalue weighted by Crippen LogP contribution is -2.11. The van der Waals surface area contributed by atoms with E-state index in [0.717, 1.165) is 152 Å². The van der Waals surface area contributed by atoms with Crippen molar-refractivity contribution in [3.05, 3.63) is 270 Å². The number of hydrogen-bond donors (Lipinski definition) is 4. The van der Waals surface area contributed by atoms with Gasteiger partial charge in [0.2, 0.25) is 23.6 Å². The summed E-state index contributed by atoms with van der Waals surface area (Å²) >= 11 is 0. The van der Waals surface area contributed by atoms with E-state index in [1.54, 1.807) is 68.6 Å². The molecule has 0 saturated carbocycles. The molecule has 16 rings (SSSR count). The maximum absolute atomic E-state index is 12.4. The van der Waals surface area contributed by atoms with E-state index in [4.69, 9.17) is 9.47 Å². The van der Waals surface area contributed by atoms with Gasteiger partial charge in [-0.05, 0) is 213 Å². The van der Waals surface area contributed by atoms with E-state index in [0.29, 0.717) is 56.4 Å². The molecule has 536 valence electrons. The second kappa shape index (κ2) is 30.2. The Bertz CT molecular complexity index is 5290. The predicted molar refractivity (Wildman–Crippen MR) is 402 cm³/mol. The van der Waals surface area contributed by atoms with E-state index in [9.17, 15) is 69.2 Å². The van der Waals surface area contributed by atoms with Crippen molar-refractivity contribution in [1.82, 2.24) is 0 Å². The van der Waals surface area contributed by atoms with Crippen LogP contribution in [0.25, 0.3) is 44.6 Å². The van der Waals surface area contributed by atoms with Gasteiger partial charge in [0.05, 0.1) is 65.3 Å². The fourth-order valence-corrected chi connectivity index (χ4v) is 15.1. The number of nitrogens with one attached hydrogen (secondary N) is 4. The van der Waals surface area contributed by atoms with Crippen LogP contribution in [0.5, 0.6) is 5.75 Å². The smallest absolute Gasteiger partial charge is 0.305 e. The largest absolute Gasteiger partial charge is 0.497 e. The maximum atomic E-state index is 12.4. The normalized spacial score (nSPS) is 14.8. The van der Waals surface area contributed by atoms with Crippen LogP contribution in [0, 0.1) is 40.5 Å². The highest BCUT2D eigenvalue weighted by Gasteiger charge is 2.35. The standard InChI is InChI=1S/C22H22N2O3.C21H18N2O5.C21H18N2O4.C18H14N2O4/c1-2-3-4-5-14-6-9-21-20(10-14)18-11-15-7-8-16(24(26)27)12-17(15)19(18)13-22(25)23-21;1-28-21(25)7-3-12-2-6-19-18(8-12)16-9-13-4-5-14(23(26)27)10-15(13)17(16)11-20(24)22-19;1-12(24)2-3-13-4-7-20-19(8-13)17-9-14-5-6-15(23(26)27)10-16(14)18(17)11-21(25)22-20;1-24-12-4-5-13-15-6-10-2-3-11(20(22)23)7-14(10)16(15)9-18(21)19-17(13)8-12/h6-10,12H,2-5,11,13H2,1H3,(H,23,25);2,4-6,8,10H,3,7,9,11H2,1H3,(H,22,24);4-8,10H,2-3,9,11H2,1H3,(H,22,25);2-5,7-8H,6,9H2,1H3,(H,19,21). The van der Waals surface area contributed by atoms with Gasteiger partial charge in [-0.1, -0.05) is 62.2 Å². The Labute approximate surface area is 607 Å². The Morgan fingerprint density at radius 3 is 1.03 bits per heavy atom.